The third-order valence-corrected chi connectivity index (χ3v) is 3.52. The van der Waals surface area contributed by atoms with Gasteiger partial charge in [0.05, 0.1) is 0 Å². The van der Waals surface area contributed by atoms with Crippen molar-refractivity contribution in [1.82, 2.24) is 4.90 Å². The molecular formula is C12H26N2. The van der Waals surface area contributed by atoms with Gasteiger partial charge in [0.15, 0.2) is 0 Å². The van der Waals surface area contributed by atoms with Gasteiger partial charge in [-0.1, -0.05) is 20.8 Å². The van der Waals surface area contributed by atoms with E-state index >= 15 is 0 Å². The first-order valence-electron chi connectivity index (χ1n) is 6.18. The summed E-state index contributed by atoms with van der Waals surface area (Å²) in [5.74, 6) is 0.866. The molecule has 1 aliphatic rings. The fourth-order valence-electron chi connectivity index (χ4n) is 2.64. The first-order valence-corrected chi connectivity index (χ1v) is 6.18. The van der Waals surface area contributed by atoms with Gasteiger partial charge in [-0.15, -0.1) is 0 Å². The van der Waals surface area contributed by atoms with Gasteiger partial charge in [-0.2, -0.15) is 0 Å². The highest BCUT2D eigenvalue weighted by atomic mass is 15.2. The highest BCUT2D eigenvalue weighted by Crippen LogP contribution is 2.26. The molecule has 0 aromatic heterocycles. The van der Waals surface area contributed by atoms with Crippen molar-refractivity contribution in [3.05, 3.63) is 0 Å². The molecule has 1 fully saturated rings. The molecule has 14 heavy (non-hydrogen) atoms. The molecule has 2 nitrogen and oxygen atoms in total. The van der Waals surface area contributed by atoms with Crippen molar-refractivity contribution in [3.63, 3.8) is 0 Å². The van der Waals surface area contributed by atoms with Gasteiger partial charge in [0, 0.05) is 12.1 Å². The van der Waals surface area contributed by atoms with Crippen LogP contribution in [0.15, 0.2) is 0 Å². The molecule has 84 valence electrons. The number of likely N-dealkylation sites (N-methyl/N-ethyl adjacent to an activating group) is 1. The molecule has 1 rings (SSSR count). The SMILES string of the molecule is CCCN(CC)C1CC(C)CCC1N. The van der Waals surface area contributed by atoms with Crippen LogP contribution in [0.4, 0.5) is 0 Å². The fourth-order valence-corrected chi connectivity index (χ4v) is 2.64. The summed E-state index contributed by atoms with van der Waals surface area (Å²) in [6.07, 6.45) is 5.08. The summed E-state index contributed by atoms with van der Waals surface area (Å²) in [7, 11) is 0. The van der Waals surface area contributed by atoms with Gasteiger partial charge in [-0.05, 0) is 44.7 Å². The highest BCUT2D eigenvalue weighted by molar-refractivity contribution is 4.87. The maximum absolute atomic E-state index is 6.21. The smallest absolute Gasteiger partial charge is 0.0249 e. The van der Waals surface area contributed by atoms with E-state index in [1.54, 1.807) is 0 Å². The first-order chi connectivity index (χ1) is 6.69. The Balaban J connectivity index is 2.52. The lowest BCUT2D eigenvalue weighted by Gasteiger charge is -2.40. The third-order valence-electron chi connectivity index (χ3n) is 3.52. The summed E-state index contributed by atoms with van der Waals surface area (Å²) >= 11 is 0. The van der Waals surface area contributed by atoms with Gasteiger partial charge < -0.3 is 5.73 Å². The molecule has 0 radical (unpaired) electrons. The minimum absolute atomic E-state index is 0.415. The maximum Gasteiger partial charge on any atom is 0.0249 e. The quantitative estimate of drug-likeness (QED) is 0.750. The van der Waals surface area contributed by atoms with E-state index in [-0.39, 0.29) is 0 Å². The van der Waals surface area contributed by atoms with Crippen molar-refractivity contribution >= 4 is 0 Å². The van der Waals surface area contributed by atoms with E-state index in [0.717, 1.165) is 12.5 Å². The third kappa shape index (κ3) is 2.96. The Morgan fingerprint density at radius 1 is 1.29 bits per heavy atom. The van der Waals surface area contributed by atoms with Crippen LogP contribution in [0.5, 0.6) is 0 Å². The Kier molecular flexibility index (Phi) is 4.90. The second kappa shape index (κ2) is 5.72. The van der Waals surface area contributed by atoms with E-state index in [1.807, 2.05) is 0 Å². The average Bonchev–Trinajstić information content (AvgIpc) is 2.18. The van der Waals surface area contributed by atoms with Crippen LogP contribution in [0.1, 0.15) is 46.5 Å². The predicted molar refractivity (Wildman–Crippen MR) is 62.3 cm³/mol. The lowest BCUT2D eigenvalue weighted by Crippen LogP contribution is -2.51. The summed E-state index contributed by atoms with van der Waals surface area (Å²) in [6, 6.07) is 1.06. The molecule has 1 aliphatic carbocycles. The average molecular weight is 198 g/mol. The molecule has 0 aromatic carbocycles. The van der Waals surface area contributed by atoms with Crippen molar-refractivity contribution in [2.24, 2.45) is 11.7 Å². The van der Waals surface area contributed by atoms with Crippen LogP contribution >= 0.6 is 0 Å². The van der Waals surface area contributed by atoms with Crippen LogP contribution in [0.3, 0.4) is 0 Å². The Labute approximate surface area is 88.8 Å². The molecule has 3 unspecified atom stereocenters. The van der Waals surface area contributed by atoms with Gasteiger partial charge in [0.25, 0.3) is 0 Å². The van der Waals surface area contributed by atoms with Crippen molar-refractivity contribution in [3.8, 4) is 0 Å². The predicted octanol–water partition coefficient (Wildman–Crippen LogP) is 2.23. The topological polar surface area (TPSA) is 29.3 Å². The van der Waals surface area contributed by atoms with Crippen LogP contribution in [-0.2, 0) is 0 Å². The number of hydrogen-bond acceptors (Lipinski definition) is 2. The second-order valence-corrected chi connectivity index (χ2v) is 4.78. The molecule has 0 saturated heterocycles. The summed E-state index contributed by atoms with van der Waals surface area (Å²) in [6.45, 7) is 9.22. The standard InChI is InChI=1S/C12H26N2/c1-4-8-14(5-2)12-9-10(3)6-7-11(12)13/h10-12H,4-9,13H2,1-3H3. The van der Waals surface area contributed by atoms with Gasteiger partial charge in [-0.25, -0.2) is 0 Å². The molecule has 1 saturated carbocycles. The minimum Gasteiger partial charge on any atom is -0.326 e. The van der Waals surface area contributed by atoms with Gasteiger partial charge in [0.2, 0.25) is 0 Å². The number of nitrogens with two attached hydrogens (primary N) is 1. The number of nitrogens with zero attached hydrogens (tertiary/aromatic N) is 1. The number of rotatable bonds is 4. The molecule has 0 bridgehead atoms. The zero-order valence-electron chi connectivity index (χ0n) is 10.00. The van der Waals surface area contributed by atoms with E-state index in [2.05, 4.69) is 25.7 Å². The Morgan fingerprint density at radius 3 is 2.57 bits per heavy atom. The van der Waals surface area contributed by atoms with Crippen LogP contribution in [0, 0.1) is 5.92 Å². The zero-order chi connectivity index (χ0) is 10.6. The largest absolute Gasteiger partial charge is 0.326 e. The number of hydrogen-bond donors (Lipinski definition) is 1. The van der Waals surface area contributed by atoms with Crippen molar-refractivity contribution in [2.45, 2.75) is 58.5 Å². The molecule has 2 heteroatoms. The van der Waals surface area contributed by atoms with E-state index in [0.29, 0.717) is 12.1 Å². The first kappa shape index (κ1) is 12.0. The fraction of sp³-hybridized carbons (Fsp3) is 1.00. The van der Waals surface area contributed by atoms with E-state index in [9.17, 15) is 0 Å². The lowest BCUT2D eigenvalue weighted by molar-refractivity contribution is 0.121. The molecule has 0 heterocycles. The lowest BCUT2D eigenvalue weighted by atomic mass is 9.83. The van der Waals surface area contributed by atoms with Crippen molar-refractivity contribution < 1.29 is 0 Å². The monoisotopic (exact) mass is 198 g/mol. The van der Waals surface area contributed by atoms with Crippen molar-refractivity contribution in [2.75, 3.05) is 13.1 Å². The Hall–Kier alpha value is -0.0800. The molecule has 0 spiro atoms. The highest BCUT2D eigenvalue weighted by Gasteiger charge is 2.29. The van der Waals surface area contributed by atoms with Gasteiger partial charge in [0.1, 0.15) is 0 Å². The Morgan fingerprint density at radius 2 is 2.00 bits per heavy atom. The van der Waals surface area contributed by atoms with Crippen LogP contribution < -0.4 is 5.73 Å². The summed E-state index contributed by atoms with van der Waals surface area (Å²) in [5.41, 5.74) is 6.21. The van der Waals surface area contributed by atoms with E-state index in [1.165, 1.54) is 32.2 Å². The van der Waals surface area contributed by atoms with Crippen LogP contribution in [-0.4, -0.2) is 30.1 Å². The molecule has 2 N–H and O–H groups in total. The van der Waals surface area contributed by atoms with Crippen molar-refractivity contribution in [1.29, 1.82) is 0 Å². The summed E-state index contributed by atoms with van der Waals surface area (Å²) < 4.78 is 0. The normalized spacial score (nSPS) is 33.6. The molecule has 3 atom stereocenters. The van der Waals surface area contributed by atoms with Crippen LogP contribution in [0.2, 0.25) is 0 Å². The minimum atomic E-state index is 0.415. The zero-order valence-corrected chi connectivity index (χ0v) is 10.00. The van der Waals surface area contributed by atoms with Gasteiger partial charge >= 0.3 is 0 Å². The molecule has 0 aromatic rings. The second-order valence-electron chi connectivity index (χ2n) is 4.78. The van der Waals surface area contributed by atoms with E-state index in [4.69, 9.17) is 5.73 Å². The van der Waals surface area contributed by atoms with Crippen LogP contribution in [0.25, 0.3) is 0 Å². The molecule has 0 amide bonds. The summed E-state index contributed by atoms with van der Waals surface area (Å²) in [4.78, 5) is 2.57. The van der Waals surface area contributed by atoms with Gasteiger partial charge in [-0.3, -0.25) is 4.90 Å². The van der Waals surface area contributed by atoms with E-state index < -0.39 is 0 Å². The summed E-state index contributed by atoms with van der Waals surface area (Å²) in [5, 5.41) is 0. The Bertz CT molecular complexity index is 158. The molecule has 0 aliphatic heterocycles. The molecular weight excluding hydrogens is 172 g/mol. The maximum atomic E-state index is 6.21.